The lowest BCUT2D eigenvalue weighted by atomic mass is 10.0. The van der Waals surface area contributed by atoms with E-state index < -0.39 is 0 Å². The standard InChI is InChI=1S/C22H25N5O/c23-19-13-16(21-17-3-1-2-4-18(17)22(28)25-24-21)7-8-20(19)27-11-9-26(10-12-27)14-15-5-6-15/h1-4,7-8,13,15H,5-6,9-12,14,23H2,(H,25,28). The SMILES string of the molecule is Nc1cc(-c2n[nH]c(=O)c3ccccc23)ccc1N1CCN(CC2CC2)CC1. The minimum atomic E-state index is -0.173. The van der Waals surface area contributed by atoms with Crippen molar-refractivity contribution in [2.75, 3.05) is 43.4 Å². The fourth-order valence-electron chi connectivity index (χ4n) is 4.16. The van der Waals surface area contributed by atoms with Crippen molar-refractivity contribution < 1.29 is 0 Å². The van der Waals surface area contributed by atoms with Crippen LogP contribution in [0.3, 0.4) is 0 Å². The lowest BCUT2D eigenvalue weighted by molar-refractivity contribution is 0.248. The van der Waals surface area contributed by atoms with Crippen LogP contribution in [0.1, 0.15) is 12.8 Å². The summed E-state index contributed by atoms with van der Waals surface area (Å²) in [5.74, 6) is 0.940. The van der Waals surface area contributed by atoms with E-state index in [0.29, 0.717) is 5.39 Å². The molecule has 2 fully saturated rings. The summed E-state index contributed by atoms with van der Waals surface area (Å²) in [4.78, 5) is 17.0. The second-order valence-corrected chi connectivity index (χ2v) is 7.95. The monoisotopic (exact) mass is 375 g/mol. The first-order chi connectivity index (χ1) is 13.7. The second kappa shape index (κ2) is 6.95. The number of rotatable bonds is 4. The molecule has 144 valence electrons. The Morgan fingerprint density at radius 3 is 2.50 bits per heavy atom. The third-order valence-electron chi connectivity index (χ3n) is 5.92. The quantitative estimate of drug-likeness (QED) is 0.686. The molecule has 1 saturated carbocycles. The molecule has 2 heterocycles. The van der Waals surface area contributed by atoms with Crippen LogP contribution in [0, 0.1) is 5.92 Å². The molecule has 0 spiro atoms. The number of aromatic nitrogens is 2. The molecule has 0 unspecified atom stereocenters. The van der Waals surface area contributed by atoms with Gasteiger partial charge in [0.05, 0.1) is 22.5 Å². The first kappa shape index (κ1) is 17.3. The predicted molar refractivity (Wildman–Crippen MR) is 114 cm³/mol. The van der Waals surface area contributed by atoms with Gasteiger partial charge in [-0.3, -0.25) is 9.69 Å². The zero-order chi connectivity index (χ0) is 19.1. The van der Waals surface area contributed by atoms with Gasteiger partial charge in [0.15, 0.2) is 0 Å². The Morgan fingerprint density at radius 2 is 1.79 bits per heavy atom. The van der Waals surface area contributed by atoms with Crippen molar-refractivity contribution in [2.45, 2.75) is 12.8 Å². The van der Waals surface area contributed by atoms with Crippen LogP contribution in [0.5, 0.6) is 0 Å². The molecule has 5 rings (SSSR count). The van der Waals surface area contributed by atoms with Gasteiger partial charge in [-0.25, -0.2) is 5.10 Å². The van der Waals surface area contributed by atoms with Crippen LogP contribution in [0.4, 0.5) is 11.4 Å². The minimum Gasteiger partial charge on any atom is -0.397 e. The van der Waals surface area contributed by atoms with Gasteiger partial charge < -0.3 is 10.6 Å². The number of fused-ring (bicyclic) bond motifs is 1. The maximum atomic E-state index is 12.0. The van der Waals surface area contributed by atoms with Gasteiger partial charge in [0.2, 0.25) is 0 Å². The highest BCUT2D eigenvalue weighted by Crippen LogP contribution is 2.33. The van der Waals surface area contributed by atoms with E-state index in [1.54, 1.807) is 0 Å². The summed E-state index contributed by atoms with van der Waals surface area (Å²) >= 11 is 0. The van der Waals surface area contributed by atoms with Gasteiger partial charge in [-0.15, -0.1) is 0 Å². The molecule has 3 aromatic rings. The molecule has 0 radical (unpaired) electrons. The van der Waals surface area contributed by atoms with Gasteiger partial charge in [-0.2, -0.15) is 5.10 Å². The van der Waals surface area contributed by atoms with E-state index in [1.165, 1.54) is 19.4 Å². The number of hydrogen-bond acceptors (Lipinski definition) is 5. The Balaban J connectivity index is 1.40. The highest BCUT2D eigenvalue weighted by Gasteiger charge is 2.26. The van der Waals surface area contributed by atoms with Crippen molar-refractivity contribution in [3.05, 3.63) is 52.8 Å². The third-order valence-corrected chi connectivity index (χ3v) is 5.92. The van der Waals surface area contributed by atoms with E-state index in [4.69, 9.17) is 5.73 Å². The molecule has 0 atom stereocenters. The van der Waals surface area contributed by atoms with Gasteiger partial charge in [-0.05, 0) is 37.0 Å². The summed E-state index contributed by atoms with van der Waals surface area (Å²) in [5, 5.41) is 8.37. The lowest BCUT2D eigenvalue weighted by Crippen LogP contribution is -2.47. The van der Waals surface area contributed by atoms with Crippen LogP contribution in [0.15, 0.2) is 47.3 Å². The van der Waals surface area contributed by atoms with Crippen molar-refractivity contribution in [1.82, 2.24) is 15.1 Å². The molecule has 2 aromatic carbocycles. The number of piperazine rings is 1. The molecule has 3 N–H and O–H groups in total. The molecule has 1 saturated heterocycles. The minimum absolute atomic E-state index is 0.173. The molecule has 28 heavy (non-hydrogen) atoms. The summed E-state index contributed by atoms with van der Waals surface area (Å²) in [6, 6.07) is 13.6. The lowest BCUT2D eigenvalue weighted by Gasteiger charge is -2.36. The molecule has 1 aromatic heterocycles. The van der Waals surface area contributed by atoms with Gasteiger partial charge in [0, 0.05) is 43.7 Å². The number of nitrogens with one attached hydrogen (secondary N) is 1. The Hall–Kier alpha value is -2.86. The maximum absolute atomic E-state index is 12.0. The normalized spacial score (nSPS) is 17.9. The molecule has 0 bridgehead atoms. The summed E-state index contributed by atoms with van der Waals surface area (Å²) in [6.07, 6.45) is 2.81. The van der Waals surface area contributed by atoms with Crippen molar-refractivity contribution >= 4 is 22.1 Å². The van der Waals surface area contributed by atoms with Crippen molar-refractivity contribution in [3.63, 3.8) is 0 Å². The number of nitrogen functional groups attached to an aromatic ring is 1. The van der Waals surface area contributed by atoms with Gasteiger partial charge >= 0.3 is 0 Å². The van der Waals surface area contributed by atoms with Gasteiger partial charge in [-0.1, -0.05) is 24.3 Å². The van der Waals surface area contributed by atoms with E-state index in [1.807, 2.05) is 30.3 Å². The summed E-state index contributed by atoms with van der Waals surface area (Å²) < 4.78 is 0. The average molecular weight is 375 g/mol. The molecular formula is C22H25N5O. The molecule has 2 aliphatic rings. The first-order valence-electron chi connectivity index (χ1n) is 10.0. The zero-order valence-corrected chi connectivity index (χ0v) is 15.9. The summed E-state index contributed by atoms with van der Waals surface area (Å²) in [6.45, 7) is 5.48. The van der Waals surface area contributed by atoms with E-state index in [9.17, 15) is 4.79 Å². The summed E-state index contributed by atoms with van der Waals surface area (Å²) in [5.41, 5.74) is 9.77. The van der Waals surface area contributed by atoms with Crippen molar-refractivity contribution in [1.29, 1.82) is 0 Å². The number of anilines is 2. The van der Waals surface area contributed by atoms with E-state index in [-0.39, 0.29) is 5.56 Å². The van der Waals surface area contributed by atoms with Crippen LogP contribution in [-0.4, -0.2) is 47.8 Å². The molecule has 1 aliphatic carbocycles. The number of benzene rings is 2. The molecule has 0 amide bonds. The Labute approximate surface area is 164 Å². The Bertz CT molecular complexity index is 1060. The Kier molecular flexibility index (Phi) is 4.28. The van der Waals surface area contributed by atoms with E-state index in [2.05, 4.69) is 32.1 Å². The van der Waals surface area contributed by atoms with Crippen molar-refractivity contribution in [3.8, 4) is 11.3 Å². The number of aromatic amines is 1. The predicted octanol–water partition coefficient (Wildman–Crippen LogP) is 2.70. The Morgan fingerprint density at radius 1 is 1.04 bits per heavy atom. The van der Waals surface area contributed by atoms with Gasteiger partial charge in [0.1, 0.15) is 0 Å². The maximum Gasteiger partial charge on any atom is 0.272 e. The van der Waals surface area contributed by atoms with Crippen LogP contribution in [-0.2, 0) is 0 Å². The number of nitrogens with two attached hydrogens (primary N) is 1. The van der Waals surface area contributed by atoms with Crippen LogP contribution in [0.2, 0.25) is 0 Å². The molecular weight excluding hydrogens is 350 g/mol. The van der Waals surface area contributed by atoms with Crippen LogP contribution >= 0.6 is 0 Å². The smallest absolute Gasteiger partial charge is 0.272 e. The number of H-pyrrole nitrogens is 1. The molecule has 1 aliphatic heterocycles. The number of nitrogens with zero attached hydrogens (tertiary/aromatic N) is 3. The first-order valence-corrected chi connectivity index (χ1v) is 10.0. The van der Waals surface area contributed by atoms with Crippen LogP contribution in [0.25, 0.3) is 22.0 Å². The highest BCUT2D eigenvalue weighted by atomic mass is 16.1. The molecule has 6 nitrogen and oxygen atoms in total. The van der Waals surface area contributed by atoms with E-state index in [0.717, 1.165) is 60.1 Å². The molecule has 6 heteroatoms. The zero-order valence-electron chi connectivity index (χ0n) is 15.9. The largest absolute Gasteiger partial charge is 0.397 e. The topological polar surface area (TPSA) is 78.2 Å². The van der Waals surface area contributed by atoms with Gasteiger partial charge in [0.25, 0.3) is 5.56 Å². The van der Waals surface area contributed by atoms with E-state index >= 15 is 0 Å². The fraction of sp³-hybridized carbons (Fsp3) is 0.364. The fourth-order valence-corrected chi connectivity index (χ4v) is 4.16. The summed E-state index contributed by atoms with van der Waals surface area (Å²) in [7, 11) is 0. The second-order valence-electron chi connectivity index (χ2n) is 7.95. The number of hydrogen-bond donors (Lipinski definition) is 2. The average Bonchev–Trinajstić information content (AvgIpc) is 3.53. The highest BCUT2D eigenvalue weighted by molar-refractivity contribution is 5.94. The van der Waals surface area contributed by atoms with Crippen molar-refractivity contribution in [2.24, 2.45) is 5.92 Å². The third kappa shape index (κ3) is 3.24. The van der Waals surface area contributed by atoms with Crippen LogP contribution < -0.4 is 16.2 Å².